The number of hydrogen-bond acceptors (Lipinski definition) is 2. The van der Waals surface area contributed by atoms with Crippen molar-refractivity contribution in [3.8, 4) is 0 Å². The molecular weight excluding hydrogens is 222 g/mol. The minimum atomic E-state index is -0.0733. The van der Waals surface area contributed by atoms with E-state index < -0.39 is 0 Å². The molecule has 18 heavy (non-hydrogen) atoms. The van der Waals surface area contributed by atoms with Crippen LogP contribution in [0.15, 0.2) is 24.3 Å². The maximum atomic E-state index is 12.6. The molecule has 2 rings (SSSR count). The van der Waals surface area contributed by atoms with E-state index in [-0.39, 0.29) is 5.41 Å². The van der Waals surface area contributed by atoms with Gasteiger partial charge in [-0.25, -0.2) is 0 Å². The van der Waals surface area contributed by atoms with Gasteiger partial charge in [-0.3, -0.25) is 4.79 Å². The number of ketones is 1. The number of carbonyl (C=O) groups excluding carboxylic acids is 1. The minimum absolute atomic E-state index is 0.0733. The molecule has 0 amide bonds. The molecule has 0 radical (unpaired) electrons. The van der Waals surface area contributed by atoms with Crippen molar-refractivity contribution in [2.75, 3.05) is 13.1 Å². The van der Waals surface area contributed by atoms with Crippen molar-refractivity contribution >= 4 is 5.78 Å². The standard InChI is InChI=1S/C16H23NO/c1-3-16(8-10-17-11-9-16)15(18)12-14-6-4-13(2)5-7-14/h4-7,17H,3,8-12H2,1-2H3. The van der Waals surface area contributed by atoms with Crippen LogP contribution < -0.4 is 5.32 Å². The third-order valence-electron chi connectivity index (χ3n) is 4.31. The molecule has 98 valence electrons. The molecule has 0 saturated carbocycles. The Morgan fingerprint density at radius 2 is 1.83 bits per heavy atom. The average Bonchev–Trinajstić information content (AvgIpc) is 2.42. The van der Waals surface area contributed by atoms with Gasteiger partial charge < -0.3 is 5.32 Å². The van der Waals surface area contributed by atoms with E-state index in [4.69, 9.17) is 0 Å². The summed E-state index contributed by atoms with van der Waals surface area (Å²) in [6, 6.07) is 8.34. The van der Waals surface area contributed by atoms with Crippen molar-refractivity contribution in [3.05, 3.63) is 35.4 Å². The zero-order valence-corrected chi connectivity index (χ0v) is 11.5. The van der Waals surface area contributed by atoms with Gasteiger partial charge in [-0.1, -0.05) is 36.8 Å². The Bertz CT molecular complexity index is 402. The summed E-state index contributed by atoms with van der Waals surface area (Å²) in [6.07, 6.45) is 3.55. The molecule has 1 heterocycles. The van der Waals surface area contributed by atoms with E-state index in [0.29, 0.717) is 12.2 Å². The maximum Gasteiger partial charge on any atom is 0.143 e. The summed E-state index contributed by atoms with van der Waals surface area (Å²) in [5, 5.41) is 3.35. The highest BCUT2D eigenvalue weighted by Crippen LogP contribution is 2.34. The van der Waals surface area contributed by atoms with Gasteiger partial charge in [-0.15, -0.1) is 0 Å². The summed E-state index contributed by atoms with van der Waals surface area (Å²) < 4.78 is 0. The molecule has 1 fully saturated rings. The lowest BCUT2D eigenvalue weighted by atomic mass is 9.72. The lowest BCUT2D eigenvalue weighted by Crippen LogP contribution is -2.42. The largest absolute Gasteiger partial charge is 0.317 e. The van der Waals surface area contributed by atoms with E-state index in [1.165, 1.54) is 5.56 Å². The van der Waals surface area contributed by atoms with Crippen molar-refractivity contribution in [1.82, 2.24) is 5.32 Å². The molecule has 0 atom stereocenters. The van der Waals surface area contributed by atoms with Crippen LogP contribution in [0, 0.1) is 12.3 Å². The van der Waals surface area contributed by atoms with E-state index in [9.17, 15) is 4.79 Å². The first-order valence-corrected chi connectivity index (χ1v) is 6.96. The second-order valence-electron chi connectivity index (χ2n) is 5.47. The average molecular weight is 245 g/mol. The monoisotopic (exact) mass is 245 g/mol. The van der Waals surface area contributed by atoms with E-state index in [2.05, 4.69) is 43.4 Å². The minimum Gasteiger partial charge on any atom is -0.317 e. The van der Waals surface area contributed by atoms with Gasteiger partial charge in [-0.05, 0) is 44.8 Å². The van der Waals surface area contributed by atoms with Crippen LogP contribution in [0.3, 0.4) is 0 Å². The third-order valence-corrected chi connectivity index (χ3v) is 4.31. The van der Waals surface area contributed by atoms with Crippen molar-refractivity contribution < 1.29 is 4.79 Å². The SMILES string of the molecule is CCC1(C(=O)Cc2ccc(C)cc2)CCNCC1. The van der Waals surface area contributed by atoms with E-state index >= 15 is 0 Å². The van der Waals surface area contributed by atoms with Crippen molar-refractivity contribution in [2.45, 2.75) is 39.5 Å². The predicted molar refractivity (Wildman–Crippen MR) is 74.7 cm³/mol. The second kappa shape index (κ2) is 5.66. The lowest BCUT2D eigenvalue weighted by molar-refractivity contribution is -0.129. The molecule has 0 aliphatic carbocycles. The van der Waals surface area contributed by atoms with E-state index in [1.54, 1.807) is 0 Å². The molecule has 0 aromatic heterocycles. The van der Waals surface area contributed by atoms with Crippen LogP contribution in [-0.4, -0.2) is 18.9 Å². The Kier molecular flexibility index (Phi) is 4.18. The highest BCUT2D eigenvalue weighted by atomic mass is 16.1. The summed E-state index contributed by atoms with van der Waals surface area (Å²) >= 11 is 0. The summed E-state index contributed by atoms with van der Waals surface area (Å²) in [5.41, 5.74) is 2.33. The van der Waals surface area contributed by atoms with E-state index in [1.807, 2.05) is 0 Å². The number of Topliss-reactive ketones (excluding diaryl/α,β-unsaturated/α-hetero) is 1. The zero-order valence-electron chi connectivity index (χ0n) is 11.5. The quantitative estimate of drug-likeness (QED) is 0.883. The van der Waals surface area contributed by atoms with Crippen LogP contribution in [0.4, 0.5) is 0 Å². The normalized spacial score (nSPS) is 18.6. The Labute approximate surface area is 110 Å². The number of aryl methyl sites for hydroxylation is 1. The number of nitrogens with one attached hydrogen (secondary N) is 1. The maximum absolute atomic E-state index is 12.6. The Morgan fingerprint density at radius 1 is 1.22 bits per heavy atom. The molecule has 1 aliphatic rings. The third kappa shape index (κ3) is 2.81. The van der Waals surface area contributed by atoms with Crippen LogP contribution >= 0.6 is 0 Å². The molecule has 0 spiro atoms. The molecule has 1 saturated heterocycles. The van der Waals surface area contributed by atoms with Crippen molar-refractivity contribution in [3.63, 3.8) is 0 Å². The zero-order chi connectivity index (χ0) is 13.0. The molecule has 1 aliphatic heterocycles. The smallest absolute Gasteiger partial charge is 0.143 e. The highest BCUT2D eigenvalue weighted by molar-refractivity contribution is 5.87. The first kappa shape index (κ1) is 13.3. The van der Waals surface area contributed by atoms with Gasteiger partial charge in [0.05, 0.1) is 0 Å². The van der Waals surface area contributed by atoms with Crippen LogP contribution in [0.25, 0.3) is 0 Å². The number of piperidine rings is 1. The topological polar surface area (TPSA) is 29.1 Å². The molecule has 1 aromatic carbocycles. The van der Waals surface area contributed by atoms with Crippen LogP contribution in [0.1, 0.15) is 37.3 Å². The summed E-state index contributed by atoms with van der Waals surface area (Å²) in [6.45, 7) is 6.19. The fourth-order valence-electron chi connectivity index (χ4n) is 2.81. The van der Waals surface area contributed by atoms with Crippen LogP contribution in [0.2, 0.25) is 0 Å². The first-order chi connectivity index (χ1) is 8.66. The molecule has 2 heteroatoms. The fraction of sp³-hybridized carbons (Fsp3) is 0.562. The van der Waals surface area contributed by atoms with Crippen LogP contribution in [-0.2, 0) is 11.2 Å². The summed E-state index contributed by atoms with van der Waals surface area (Å²) in [5.74, 6) is 0.426. The Hall–Kier alpha value is -1.15. The molecule has 2 nitrogen and oxygen atoms in total. The Morgan fingerprint density at radius 3 is 2.39 bits per heavy atom. The number of carbonyl (C=O) groups is 1. The van der Waals surface area contributed by atoms with Gasteiger partial charge in [-0.2, -0.15) is 0 Å². The molecule has 0 unspecified atom stereocenters. The van der Waals surface area contributed by atoms with Gasteiger partial charge in [0, 0.05) is 11.8 Å². The molecular formula is C16H23NO. The summed E-state index contributed by atoms with van der Waals surface area (Å²) in [7, 11) is 0. The van der Waals surface area contributed by atoms with Crippen molar-refractivity contribution in [2.24, 2.45) is 5.41 Å². The Balaban J connectivity index is 2.07. The van der Waals surface area contributed by atoms with Gasteiger partial charge in [0.15, 0.2) is 0 Å². The lowest BCUT2D eigenvalue weighted by Gasteiger charge is -2.35. The van der Waals surface area contributed by atoms with Gasteiger partial charge in [0.2, 0.25) is 0 Å². The second-order valence-corrected chi connectivity index (χ2v) is 5.47. The highest BCUT2D eigenvalue weighted by Gasteiger charge is 2.36. The van der Waals surface area contributed by atoms with Gasteiger partial charge >= 0.3 is 0 Å². The molecule has 1 N–H and O–H groups in total. The van der Waals surface area contributed by atoms with Crippen molar-refractivity contribution in [1.29, 1.82) is 0 Å². The molecule has 1 aromatic rings. The molecule has 0 bridgehead atoms. The number of benzene rings is 1. The van der Waals surface area contributed by atoms with Gasteiger partial charge in [0.1, 0.15) is 5.78 Å². The fourth-order valence-corrected chi connectivity index (χ4v) is 2.81. The van der Waals surface area contributed by atoms with Gasteiger partial charge in [0.25, 0.3) is 0 Å². The number of rotatable bonds is 4. The summed E-state index contributed by atoms with van der Waals surface area (Å²) in [4.78, 5) is 12.6. The van der Waals surface area contributed by atoms with Crippen LogP contribution in [0.5, 0.6) is 0 Å². The van der Waals surface area contributed by atoms with E-state index in [0.717, 1.165) is 37.9 Å². The predicted octanol–water partition coefficient (Wildman–Crippen LogP) is 2.89. The first-order valence-electron chi connectivity index (χ1n) is 6.96. The number of hydrogen-bond donors (Lipinski definition) is 1.